The maximum atomic E-state index is 3.61. The average Bonchev–Trinajstić information content (AvgIpc) is 2.51. The molecule has 0 aromatic heterocycles. The van der Waals surface area contributed by atoms with Gasteiger partial charge in [0.1, 0.15) is 0 Å². The fourth-order valence-corrected chi connectivity index (χ4v) is 2.30. The summed E-state index contributed by atoms with van der Waals surface area (Å²) >= 11 is 3.61. The van der Waals surface area contributed by atoms with Crippen molar-refractivity contribution in [1.82, 2.24) is 4.90 Å². The highest BCUT2D eigenvalue weighted by Gasteiger charge is 2.13. The second-order valence-corrected chi connectivity index (χ2v) is 4.87. The normalized spacial score (nSPS) is 14.3. The molecule has 3 heteroatoms. The minimum Gasteiger partial charge on any atom is -0.384 e. The Balaban J connectivity index is 2.32. The second-order valence-electron chi connectivity index (χ2n) is 4.02. The number of hydrogen-bond acceptors (Lipinski definition) is 2. The van der Waals surface area contributed by atoms with Crippen LogP contribution in [0.4, 0.5) is 5.69 Å². The fraction of sp³-hybridized carbons (Fsp3) is 0.455. The molecule has 0 aliphatic carbocycles. The number of hydrogen-bond donors (Lipinski definition) is 1. The van der Waals surface area contributed by atoms with Gasteiger partial charge in [0.25, 0.3) is 0 Å². The number of fused-ring (bicyclic) bond motifs is 1. The van der Waals surface area contributed by atoms with Crippen molar-refractivity contribution in [2.24, 2.45) is 0 Å². The molecule has 1 aliphatic heterocycles. The first-order valence-corrected chi connectivity index (χ1v) is 5.66. The first-order chi connectivity index (χ1) is 6.66. The Hall–Kier alpha value is -0.540. The molecule has 0 saturated carbocycles. The van der Waals surface area contributed by atoms with Crippen LogP contribution in [0.25, 0.3) is 0 Å². The number of benzene rings is 1. The van der Waals surface area contributed by atoms with Crippen LogP contribution < -0.4 is 5.32 Å². The van der Waals surface area contributed by atoms with Crippen LogP contribution in [0.1, 0.15) is 11.1 Å². The maximum Gasteiger partial charge on any atom is 0.0385 e. The fourth-order valence-electron chi connectivity index (χ4n) is 1.83. The second kappa shape index (κ2) is 3.91. The molecule has 76 valence electrons. The number of nitrogens with zero attached hydrogens (tertiary/aromatic N) is 1. The lowest BCUT2D eigenvalue weighted by Crippen LogP contribution is -2.11. The summed E-state index contributed by atoms with van der Waals surface area (Å²) in [7, 11) is 4.19. The van der Waals surface area contributed by atoms with Crippen LogP contribution in [0.15, 0.2) is 16.6 Å². The van der Waals surface area contributed by atoms with Crippen LogP contribution in [0.2, 0.25) is 0 Å². The number of rotatable bonds is 2. The Morgan fingerprint density at radius 2 is 2.21 bits per heavy atom. The van der Waals surface area contributed by atoms with Crippen molar-refractivity contribution in [2.75, 3.05) is 26.0 Å². The third-order valence-electron chi connectivity index (χ3n) is 2.47. The van der Waals surface area contributed by atoms with Gasteiger partial charge < -0.3 is 10.2 Å². The summed E-state index contributed by atoms with van der Waals surface area (Å²) in [4.78, 5) is 2.19. The summed E-state index contributed by atoms with van der Waals surface area (Å²) in [5, 5.41) is 3.38. The topological polar surface area (TPSA) is 15.3 Å². The Morgan fingerprint density at radius 3 is 2.93 bits per heavy atom. The molecule has 0 spiro atoms. The number of halogens is 1. The molecule has 14 heavy (non-hydrogen) atoms. The molecule has 2 rings (SSSR count). The van der Waals surface area contributed by atoms with E-state index in [0.717, 1.165) is 19.5 Å². The molecule has 0 radical (unpaired) electrons. The number of anilines is 1. The van der Waals surface area contributed by atoms with E-state index in [4.69, 9.17) is 0 Å². The molecule has 1 N–H and O–H groups in total. The van der Waals surface area contributed by atoms with Crippen molar-refractivity contribution in [3.63, 3.8) is 0 Å². The van der Waals surface area contributed by atoms with Crippen LogP contribution in [-0.4, -0.2) is 25.5 Å². The van der Waals surface area contributed by atoms with E-state index in [-0.39, 0.29) is 0 Å². The summed E-state index contributed by atoms with van der Waals surface area (Å²) in [6, 6.07) is 4.50. The van der Waals surface area contributed by atoms with Crippen molar-refractivity contribution in [3.8, 4) is 0 Å². The third-order valence-corrected chi connectivity index (χ3v) is 3.21. The molecule has 1 aliphatic rings. The molecule has 0 bridgehead atoms. The first-order valence-electron chi connectivity index (χ1n) is 4.86. The van der Waals surface area contributed by atoms with Crippen LogP contribution in [0, 0.1) is 0 Å². The average molecular weight is 255 g/mol. The van der Waals surface area contributed by atoms with Gasteiger partial charge in [0.15, 0.2) is 0 Å². The predicted molar refractivity (Wildman–Crippen MR) is 63.7 cm³/mol. The highest BCUT2D eigenvalue weighted by atomic mass is 79.9. The Labute approximate surface area is 93.4 Å². The van der Waals surface area contributed by atoms with E-state index in [0.29, 0.717) is 0 Å². The summed E-state index contributed by atoms with van der Waals surface area (Å²) in [5.74, 6) is 0. The largest absolute Gasteiger partial charge is 0.384 e. The Kier molecular flexibility index (Phi) is 2.79. The number of nitrogens with one attached hydrogen (secondary N) is 1. The predicted octanol–water partition coefficient (Wildman–Crippen LogP) is 2.48. The molecule has 0 atom stereocenters. The standard InChI is InChI=1S/C11H15BrN2/c1-14(2)7-9-5-8-3-4-13-11(8)6-10(9)12/h5-6,13H,3-4,7H2,1-2H3. The van der Waals surface area contributed by atoms with E-state index in [2.05, 4.69) is 52.4 Å². The van der Waals surface area contributed by atoms with Gasteiger partial charge in [-0.3, -0.25) is 0 Å². The molecule has 1 aromatic carbocycles. The van der Waals surface area contributed by atoms with Gasteiger partial charge in [-0.2, -0.15) is 0 Å². The molecule has 0 saturated heterocycles. The summed E-state index contributed by atoms with van der Waals surface area (Å²) in [5.41, 5.74) is 4.11. The summed E-state index contributed by atoms with van der Waals surface area (Å²) in [6.07, 6.45) is 1.16. The zero-order chi connectivity index (χ0) is 10.1. The van der Waals surface area contributed by atoms with Gasteiger partial charge in [-0.1, -0.05) is 22.0 Å². The van der Waals surface area contributed by atoms with Crippen LogP contribution in [-0.2, 0) is 13.0 Å². The molecule has 0 amide bonds. The van der Waals surface area contributed by atoms with E-state index in [1.54, 1.807) is 0 Å². The van der Waals surface area contributed by atoms with E-state index in [1.807, 2.05) is 0 Å². The molecule has 1 aromatic rings. The van der Waals surface area contributed by atoms with Crippen molar-refractivity contribution in [1.29, 1.82) is 0 Å². The van der Waals surface area contributed by atoms with Crippen molar-refractivity contribution in [3.05, 3.63) is 27.7 Å². The molecule has 2 nitrogen and oxygen atoms in total. The quantitative estimate of drug-likeness (QED) is 0.873. The lowest BCUT2D eigenvalue weighted by molar-refractivity contribution is 0.401. The molecule has 0 fully saturated rings. The lowest BCUT2D eigenvalue weighted by atomic mass is 10.1. The van der Waals surface area contributed by atoms with Gasteiger partial charge in [-0.05, 0) is 37.7 Å². The van der Waals surface area contributed by atoms with Crippen molar-refractivity contribution >= 4 is 21.6 Å². The van der Waals surface area contributed by atoms with Crippen LogP contribution in [0.3, 0.4) is 0 Å². The van der Waals surface area contributed by atoms with Gasteiger partial charge in [0.2, 0.25) is 0 Å². The zero-order valence-electron chi connectivity index (χ0n) is 8.60. The lowest BCUT2D eigenvalue weighted by Gasteiger charge is -2.13. The van der Waals surface area contributed by atoms with Gasteiger partial charge in [-0.15, -0.1) is 0 Å². The maximum absolute atomic E-state index is 3.61. The van der Waals surface area contributed by atoms with Gasteiger partial charge in [-0.25, -0.2) is 0 Å². The molecular weight excluding hydrogens is 240 g/mol. The molecule has 1 heterocycles. The van der Waals surface area contributed by atoms with Crippen molar-refractivity contribution < 1.29 is 0 Å². The zero-order valence-corrected chi connectivity index (χ0v) is 10.2. The van der Waals surface area contributed by atoms with E-state index >= 15 is 0 Å². The molecule has 0 unspecified atom stereocenters. The summed E-state index contributed by atoms with van der Waals surface area (Å²) in [6.45, 7) is 2.07. The Bertz CT molecular complexity index is 347. The van der Waals surface area contributed by atoms with E-state index in [9.17, 15) is 0 Å². The highest BCUT2D eigenvalue weighted by molar-refractivity contribution is 9.10. The minimum atomic E-state index is 0.994. The molecular formula is C11H15BrN2. The third kappa shape index (κ3) is 1.93. The summed E-state index contributed by atoms with van der Waals surface area (Å²) < 4.78 is 1.21. The van der Waals surface area contributed by atoms with Gasteiger partial charge >= 0.3 is 0 Å². The van der Waals surface area contributed by atoms with Crippen LogP contribution >= 0.6 is 15.9 Å². The van der Waals surface area contributed by atoms with Crippen molar-refractivity contribution in [2.45, 2.75) is 13.0 Å². The monoisotopic (exact) mass is 254 g/mol. The van der Waals surface area contributed by atoms with Crippen LogP contribution in [0.5, 0.6) is 0 Å². The van der Waals surface area contributed by atoms with E-state index < -0.39 is 0 Å². The van der Waals surface area contributed by atoms with Gasteiger partial charge in [0, 0.05) is 23.2 Å². The van der Waals surface area contributed by atoms with Gasteiger partial charge in [0.05, 0.1) is 0 Å². The minimum absolute atomic E-state index is 0.994. The first kappa shape index (κ1) is 9.99. The highest BCUT2D eigenvalue weighted by Crippen LogP contribution is 2.29. The van der Waals surface area contributed by atoms with E-state index in [1.165, 1.54) is 21.3 Å². The Morgan fingerprint density at radius 1 is 1.43 bits per heavy atom. The smallest absolute Gasteiger partial charge is 0.0385 e. The SMILES string of the molecule is CN(C)Cc1cc2c(cc1Br)NCC2.